The molecule has 0 aromatic heterocycles. The van der Waals surface area contributed by atoms with E-state index in [1.54, 1.807) is 84.9 Å². The molecule has 0 radical (unpaired) electrons. The SMILES string of the molecule is COc1cc(/C=C(/NC(=O)c2ccccc2)C(=O)Nc2cccc(S[C@@H]3CC(=O)N(c4ccc(Cl)cc4Cl)C3=O)c2)ccc1Br. The van der Waals surface area contributed by atoms with E-state index in [0.717, 1.165) is 9.37 Å². The average molecular weight is 725 g/mol. The predicted octanol–water partition coefficient (Wildman–Crippen LogP) is 7.60. The van der Waals surface area contributed by atoms with Gasteiger partial charge in [-0.05, 0) is 88.2 Å². The molecule has 0 saturated carbocycles. The Hall–Kier alpha value is -4.09. The number of rotatable bonds is 9. The molecule has 0 bridgehead atoms. The molecule has 45 heavy (non-hydrogen) atoms. The van der Waals surface area contributed by atoms with Gasteiger partial charge < -0.3 is 15.4 Å². The molecule has 4 aromatic carbocycles. The molecule has 5 rings (SSSR count). The molecular weight excluding hydrogens is 701 g/mol. The van der Waals surface area contributed by atoms with Crippen LogP contribution in [-0.2, 0) is 14.4 Å². The van der Waals surface area contributed by atoms with Crippen molar-refractivity contribution < 1.29 is 23.9 Å². The van der Waals surface area contributed by atoms with Gasteiger partial charge in [0.15, 0.2) is 0 Å². The van der Waals surface area contributed by atoms with Crippen LogP contribution in [-0.4, -0.2) is 36.0 Å². The average Bonchev–Trinajstić information content (AvgIpc) is 3.29. The summed E-state index contributed by atoms with van der Waals surface area (Å²) in [4.78, 5) is 54.3. The Balaban J connectivity index is 1.35. The van der Waals surface area contributed by atoms with Crippen molar-refractivity contribution in [2.45, 2.75) is 16.6 Å². The first-order chi connectivity index (χ1) is 21.6. The first-order valence-electron chi connectivity index (χ1n) is 13.4. The van der Waals surface area contributed by atoms with E-state index in [0.29, 0.717) is 32.5 Å². The number of thioether (sulfide) groups is 1. The summed E-state index contributed by atoms with van der Waals surface area (Å²) < 4.78 is 6.11. The maximum atomic E-state index is 13.5. The monoisotopic (exact) mass is 723 g/mol. The van der Waals surface area contributed by atoms with Crippen molar-refractivity contribution in [1.29, 1.82) is 0 Å². The molecule has 8 nitrogen and oxygen atoms in total. The molecule has 12 heteroatoms. The Kier molecular flexibility index (Phi) is 10.3. The van der Waals surface area contributed by atoms with Gasteiger partial charge in [-0.15, -0.1) is 11.8 Å². The Morgan fingerprint density at radius 3 is 2.49 bits per heavy atom. The van der Waals surface area contributed by atoms with Crippen LogP contribution in [0.4, 0.5) is 11.4 Å². The zero-order chi connectivity index (χ0) is 32.1. The second-order valence-corrected chi connectivity index (χ2v) is 12.7. The third-order valence-corrected chi connectivity index (χ3v) is 9.01. The Labute approximate surface area is 281 Å². The quantitative estimate of drug-likeness (QED) is 0.136. The van der Waals surface area contributed by atoms with Gasteiger partial charge in [0, 0.05) is 27.6 Å². The number of benzene rings is 4. The molecule has 0 spiro atoms. The number of carbonyl (C=O) groups excluding carboxylic acids is 4. The molecule has 1 aliphatic rings. The number of amides is 4. The number of nitrogens with zero attached hydrogens (tertiary/aromatic N) is 1. The first-order valence-corrected chi connectivity index (χ1v) is 15.9. The van der Waals surface area contributed by atoms with Gasteiger partial charge in [0.1, 0.15) is 11.4 Å². The molecule has 1 aliphatic heterocycles. The van der Waals surface area contributed by atoms with E-state index in [4.69, 9.17) is 27.9 Å². The highest BCUT2D eigenvalue weighted by Gasteiger charge is 2.41. The van der Waals surface area contributed by atoms with Crippen LogP contribution in [0.25, 0.3) is 6.08 Å². The molecule has 0 unspecified atom stereocenters. The highest BCUT2D eigenvalue weighted by molar-refractivity contribution is 9.10. The second kappa shape index (κ2) is 14.3. The summed E-state index contributed by atoms with van der Waals surface area (Å²) in [6.45, 7) is 0. The van der Waals surface area contributed by atoms with Crippen LogP contribution < -0.4 is 20.3 Å². The van der Waals surface area contributed by atoms with E-state index >= 15 is 0 Å². The summed E-state index contributed by atoms with van der Waals surface area (Å²) in [5.41, 5.74) is 1.70. The molecule has 4 aromatic rings. The minimum atomic E-state index is -0.691. The molecule has 228 valence electrons. The van der Waals surface area contributed by atoms with Crippen molar-refractivity contribution in [3.63, 3.8) is 0 Å². The maximum absolute atomic E-state index is 13.5. The maximum Gasteiger partial charge on any atom is 0.272 e. The van der Waals surface area contributed by atoms with Crippen molar-refractivity contribution in [1.82, 2.24) is 5.32 Å². The summed E-state index contributed by atoms with van der Waals surface area (Å²) in [5.74, 6) is -1.25. The van der Waals surface area contributed by atoms with Crippen molar-refractivity contribution in [2.24, 2.45) is 0 Å². The summed E-state index contributed by atoms with van der Waals surface area (Å²) in [6.07, 6.45) is 1.52. The highest BCUT2D eigenvalue weighted by atomic mass is 79.9. The molecular formula is C33H24BrCl2N3O5S. The second-order valence-electron chi connectivity index (χ2n) is 9.73. The van der Waals surface area contributed by atoms with E-state index in [1.807, 2.05) is 0 Å². The van der Waals surface area contributed by atoms with Gasteiger partial charge in [-0.1, -0.05) is 53.5 Å². The van der Waals surface area contributed by atoms with Crippen molar-refractivity contribution >= 4 is 92.0 Å². The van der Waals surface area contributed by atoms with Crippen LogP contribution in [0.15, 0.2) is 106 Å². The van der Waals surface area contributed by atoms with Gasteiger partial charge in [0.2, 0.25) is 11.8 Å². The van der Waals surface area contributed by atoms with Crippen LogP contribution in [0, 0.1) is 0 Å². The van der Waals surface area contributed by atoms with Crippen LogP contribution >= 0.6 is 50.9 Å². The summed E-state index contributed by atoms with van der Waals surface area (Å²) in [6, 6.07) is 25.3. The Bertz CT molecular complexity index is 1840. The number of methoxy groups -OCH3 is 1. The number of carbonyl (C=O) groups is 4. The molecule has 1 saturated heterocycles. The fourth-order valence-electron chi connectivity index (χ4n) is 4.50. The number of nitrogens with one attached hydrogen (secondary N) is 2. The minimum Gasteiger partial charge on any atom is -0.496 e. The fraction of sp³-hybridized carbons (Fsp3) is 0.0909. The van der Waals surface area contributed by atoms with Gasteiger partial charge >= 0.3 is 0 Å². The van der Waals surface area contributed by atoms with E-state index < -0.39 is 23.0 Å². The lowest BCUT2D eigenvalue weighted by Gasteiger charge is -2.17. The van der Waals surface area contributed by atoms with Crippen LogP contribution in [0.5, 0.6) is 5.75 Å². The lowest BCUT2D eigenvalue weighted by atomic mass is 10.1. The van der Waals surface area contributed by atoms with Gasteiger partial charge in [-0.2, -0.15) is 0 Å². The first kappa shape index (κ1) is 32.3. The van der Waals surface area contributed by atoms with Crippen molar-refractivity contribution in [3.8, 4) is 5.75 Å². The smallest absolute Gasteiger partial charge is 0.272 e. The highest BCUT2D eigenvalue weighted by Crippen LogP contribution is 2.38. The number of hydrogen-bond acceptors (Lipinski definition) is 6. The minimum absolute atomic E-state index is 0.00154. The summed E-state index contributed by atoms with van der Waals surface area (Å²) in [7, 11) is 1.53. The number of imide groups is 1. The zero-order valence-corrected chi connectivity index (χ0v) is 27.5. The number of ether oxygens (including phenoxy) is 1. The number of halogens is 3. The van der Waals surface area contributed by atoms with Gasteiger partial charge in [0.05, 0.1) is 27.5 Å². The number of anilines is 2. The molecule has 0 aliphatic carbocycles. The van der Waals surface area contributed by atoms with Crippen LogP contribution in [0.2, 0.25) is 10.0 Å². The molecule has 1 atom stereocenters. The van der Waals surface area contributed by atoms with Crippen molar-refractivity contribution in [3.05, 3.63) is 122 Å². The zero-order valence-electron chi connectivity index (χ0n) is 23.6. The molecule has 1 heterocycles. The fourth-order valence-corrected chi connectivity index (χ4v) is 6.51. The third kappa shape index (κ3) is 7.77. The van der Waals surface area contributed by atoms with Crippen LogP contribution in [0.3, 0.4) is 0 Å². The Morgan fingerprint density at radius 1 is 0.978 bits per heavy atom. The van der Waals surface area contributed by atoms with Gasteiger partial charge in [0.25, 0.3) is 11.8 Å². The molecule has 4 amide bonds. The Morgan fingerprint density at radius 2 is 1.76 bits per heavy atom. The van der Waals surface area contributed by atoms with E-state index in [-0.39, 0.29) is 28.7 Å². The van der Waals surface area contributed by atoms with E-state index in [1.165, 1.54) is 31.0 Å². The normalized spacial score (nSPS) is 14.8. The van der Waals surface area contributed by atoms with Gasteiger partial charge in [-0.3, -0.25) is 19.2 Å². The van der Waals surface area contributed by atoms with E-state index in [9.17, 15) is 19.2 Å². The van der Waals surface area contributed by atoms with Gasteiger partial charge in [-0.25, -0.2) is 4.90 Å². The standard InChI is InChI=1S/C33H24BrCl2N3O5S/c1-44-28-15-19(10-12-24(28)34)14-26(38-31(41)20-6-3-2-4-7-20)32(42)37-22-8-5-9-23(17-22)45-29-18-30(40)39(33(29)43)27-13-11-21(35)16-25(27)36/h2-17,29H,18H2,1H3,(H,37,42)(H,38,41)/b26-14+/t29-/m1/s1. The predicted molar refractivity (Wildman–Crippen MR) is 181 cm³/mol. The third-order valence-electron chi connectivity index (χ3n) is 6.64. The topological polar surface area (TPSA) is 105 Å². The summed E-state index contributed by atoms with van der Waals surface area (Å²) in [5, 5.41) is 5.43. The van der Waals surface area contributed by atoms with Crippen molar-refractivity contribution in [2.75, 3.05) is 17.3 Å². The molecule has 1 fully saturated rings. The van der Waals surface area contributed by atoms with Crippen LogP contribution in [0.1, 0.15) is 22.3 Å². The largest absolute Gasteiger partial charge is 0.496 e. The van der Waals surface area contributed by atoms with E-state index in [2.05, 4.69) is 26.6 Å². The number of hydrogen-bond donors (Lipinski definition) is 2. The molecule has 2 N–H and O–H groups in total. The summed E-state index contributed by atoms with van der Waals surface area (Å²) >= 11 is 16.9. The lowest BCUT2D eigenvalue weighted by Crippen LogP contribution is -2.31. The lowest BCUT2D eigenvalue weighted by molar-refractivity contribution is -0.121.